The van der Waals surface area contributed by atoms with E-state index in [1.54, 1.807) is 0 Å². The summed E-state index contributed by atoms with van der Waals surface area (Å²) in [5.74, 6) is 0. The second-order valence-electron chi connectivity index (χ2n) is 1.91. The monoisotopic (exact) mass is 283 g/mol. The minimum absolute atomic E-state index is 0.0627. The molecule has 0 bridgehead atoms. The van der Waals surface area contributed by atoms with Crippen LogP contribution in [0, 0.1) is 0 Å². The molecule has 1 aliphatic rings. The third kappa shape index (κ3) is 1.79. The van der Waals surface area contributed by atoms with Gasteiger partial charge in [-0.1, -0.05) is 46.4 Å². The fourth-order valence-electron chi connectivity index (χ4n) is 0.593. The molecule has 0 N–H and O–H groups in total. The van der Waals surface area contributed by atoms with Crippen molar-refractivity contribution in [2.24, 2.45) is 0 Å². The Morgan fingerprint density at radius 2 is 1.50 bits per heavy atom. The number of halogens is 6. The highest BCUT2D eigenvalue weighted by atomic mass is 35.5. The van der Waals surface area contributed by atoms with Crippen LogP contribution in [0.1, 0.15) is 0 Å². The predicted molar refractivity (Wildman–Crippen MR) is 56.8 cm³/mol. The Morgan fingerprint density at radius 1 is 1.00 bits per heavy atom. The van der Waals surface area contributed by atoms with Crippen molar-refractivity contribution in [3.8, 4) is 0 Å². The molecule has 0 unspecified atom stereocenters. The molecular formula is C4BCl6N. The van der Waals surface area contributed by atoms with Gasteiger partial charge < -0.3 is 0 Å². The first-order valence-corrected chi connectivity index (χ1v) is 4.95. The van der Waals surface area contributed by atoms with Gasteiger partial charge in [0.2, 0.25) is 0 Å². The van der Waals surface area contributed by atoms with Crippen molar-refractivity contribution < 1.29 is 0 Å². The molecule has 0 aromatic rings. The summed E-state index contributed by atoms with van der Waals surface area (Å²) in [5, 5.41) is 0.281. The normalized spacial score (nSPS) is 19.5. The van der Waals surface area contributed by atoms with Crippen LogP contribution < -0.4 is 0 Å². The predicted octanol–water partition coefficient (Wildman–Crippen LogP) is 4.06. The van der Waals surface area contributed by atoms with Crippen LogP contribution in [-0.2, 0) is 0 Å². The first kappa shape index (κ1) is 11.2. The van der Waals surface area contributed by atoms with E-state index in [4.69, 9.17) is 69.6 Å². The van der Waals surface area contributed by atoms with Gasteiger partial charge in [0.25, 0.3) is 0 Å². The second-order valence-corrected chi connectivity index (χ2v) is 4.21. The van der Waals surface area contributed by atoms with Crippen LogP contribution in [0.25, 0.3) is 0 Å². The molecule has 0 aliphatic carbocycles. The Morgan fingerprint density at radius 3 is 2.00 bits per heavy atom. The number of hydrogen-bond acceptors (Lipinski definition) is 1. The van der Waals surface area contributed by atoms with Crippen molar-refractivity contribution in [2.45, 2.75) is 0 Å². The Bertz CT molecular complexity index is 245. The molecular weight excluding hydrogens is 286 g/mol. The molecule has 0 atom stereocenters. The van der Waals surface area contributed by atoms with Crippen molar-refractivity contribution in [3.05, 3.63) is 20.2 Å². The fourth-order valence-corrected chi connectivity index (χ4v) is 2.05. The third-order valence-electron chi connectivity index (χ3n) is 1.18. The van der Waals surface area contributed by atoms with Gasteiger partial charge in [0, 0.05) is 16.7 Å². The van der Waals surface area contributed by atoms with Crippen LogP contribution in [-0.4, -0.2) is 10.6 Å². The van der Waals surface area contributed by atoms with Crippen LogP contribution in [0.4, 0.5) is 0 Å². The average Bonchev–Trinajstić information content (AvgIpc) is 2.08. The van der Waals surface area contributed by atoms with Crippen molar-refractivity contribution in [2.75, 3.05) is 0 Å². The van der Waals surface area contributed by atoms with Gasteiger partial charge in [0.15, 0.2) is 0 Å². The molecule has 0 aromatic heterocycles. The van der Waals surface area contributed by atoms with E-state index in [0.717, 1.165) is 4.33 Å². The van der Waals surface area contributed by atoms with Gasteiger partial charge in [0.05, 0.1) is 10.1 Å². The summed E-state index contributed by atoms with van der Waals surface area (Å²) in [7, 11) is 0. The van der Waals surface area contributed by atoms with Gasteiger partial charge in [-0.05, 0) is 0 Å². The first-order valence-electron chi connectivity index (χ1n) is 2.66. The maximum atomic E-state index is 5.72. The number of nitrogens with zero attached hydrogens (tertiary/aromatic N) is 1. The highest BCUT2D eigenvalue weighted by Crippen LogP contribution is 2.40. The maximum Gasteiger partial charge on any atom is 0.424 e. The SMILES string of the molecule is ClB1C(Cl)=C(Cl)C(Cl)=C(Cl)N1Cl. The molecule has 12 heavy (non-hydrogen) atoms. The van der Waals surface area contributed by atoms with Crippen LogP contribution >= 0.6 is 69.6 Å². The highest BCUT2D eigenvalue weighted by molar-refractivity contribution is 7.15. The van der Waals surface area contributed by atoms with Gasteiger partial charge in [-0.3, -0.25) is 4.33 Å². The van der Waals surface area contributed by atoms with E-state index in [0.29, 0.717) is 0 Å². The molecule has 1 heterocycles. The number of rotatable bonds is 0. The van der Waals surface area contributed by atoms with Crippen LogP contribution in [0.5, 0.6) is 0 Å². The quantitative estimate of drug-likeness (QED) is 0.368. The Kier molecular flexibility index (Phi) is 3.79. The van der Waals surface area contributed by atoms with Gasteiger partial charge in [-0.15, -0.1) is 0 Å². The lowest BCUT2D eigenvalue weighted by molar-refractivity contribution is 0.918. The van der Waals surface area contributed by atoms with E-state index in [1.165, 1.54) is 0 Å². The van der Waals surface area contributed by atoms with E-state index >= 15 is 0 Å². The summed E-state index contributed by atoms with van der Waals surface area (Å²) >= 11 is 34.0. The Balaban J connectivity index is 3.18. The summed E-state index contributed by atoms with van der Waals surface area (Å²) in [5.41, 5.74) is 0. The van der Waals surface area contributed by atoms with E-state index in [1.807, 2.05) is 0 Å². The second kappa shape index (κ2) is 4.08. The minimum Gasteiger partial charge on any atom is -0.296 e. The molecule has 8 heteroatoms. The van der Waals surface area contributed by atoms with Crippen molar-refractivity contribution >= 4 is 75.9 Å². The zero-order valence-electron chi connectivity index (χ0n) is 5.29. The summed E-state index contributed by atoms with van der Waals surface area (Å²) in [6, 6.07) is 0. The van der Waals surface area contributed by atoms with Gasteiger partial charge in [-0.25, -0.2) is 0 Å². The zero-order chi connectivity index (χ0) is 9.46. The topological polar surface area (TPSA) is 3.24 Å². The molecule has 1 nitrogen and oxygen atoms in total. The average molecular weight is 286 g/mol. The van der Waals surface area contributed by atoms with Gasteiger partial charge >= 0.3 is 6.26 Å². The van der Waals surface area contributed by atoms with E-state index in [-0.39, 0.29) is 20.2 Å². The molecule has 0 saturated carbocycles. The number of hydrogen-bond donors (Lipinski definition) is 0. The van der Waals surface area contributed by atoms with Gasteiger partial charge in [-0.2, -0.15) is 11.5 Å². The smallest absolute Gasteiger partial charge is 0.296 e. The molecule has 0 fully saturated rings. The lowest BCUT2D eigenvalue weighted by atomic mass is 9.89. The van der Waals surface area contributed by atoms with Crippen LogP contribution in [0.2, 0.25) is 0 Å². The van der Waals surface area contributed by atoms with Crippen molar-refractivity contribution in [3.63, 3.8) is 0 Å². The Labute approximate surface area is 99.9 Å². The maximum absolute atomic E-state index is 5.72. The summed E-state index contributed by atoms with van der Waals surface area (Å²) in [4.78, 5) is 0.155. The number of allylic oxidation sites excluding steroid dienone is 2. The summed E-state index contributed by atoms with van der Waals surface area (Å²) < 4.78 is 1.000. The third-order valence-corrected chi connectivity index (χ3v) is 4.07. The van der Waals surface area contributed by atoms with Crippen molar-refractivity contribution in [1.29, 1.82) is 0 Å². The van der Waals surface area contributed by atoms with E-state index < -0.39 is 6.26 Å². The van der Waals surface area contributed by atoms with Crippen LogP contribution in [0.15, 0.2) is 20.2 Å². The van der Waals surface area contributed by atoms with Crippen LogP contribution in [0.3, 0.4) is 0 Å². The zero-order valence-corrected chi connectivity index (χ0v) is 9.83. The standard InChI is InChI=1S/C4BCl6N/c6-1-2(7)4(9)12(11)5(10)3(1)8. The molecule has 0 amide bonds. The molecule has 66 valence electrons. The molecule has 1 aliphatic heterocycles. The molecule has 0 aromatic carbocycles. The first-order chi connectivity index (χ1) is 5.46. The highest BCUT2D eigenvalue weighted by Gasteiger charge is 2.34. The van der Waals surface area contributed by atoms with E-state index in [2.05, 4.69) is 0 Å². The van der Waals surface area contributed by atoms with E-state index in [9.17, 15) is 0 Å². The molecule has 0 spiro atoms. The summed E-state index contributed by atoms with van der Waals surface area (Å²) in [6.07, 6.45) is -0.782. The minimum atomic E-state index is -0.782. The lowest BCUT2D eigenvalue weighted by Crippen LogP contribution is -2.29. The molecule has 0 saturated heterocycles. The van der Waals surface area contributed by atoms with Crippen molar-refractivity contribution in [1.82, 2.24) is 4.33 Å². The fraction of sp³-hybridized carbons (Fsp3) is 0. The molecule has 1 rings (SSSR count). The lowest BCUT2D eigenvalue weighted by Gasteiger charge is -2.23. The van der Waals surface area contributed by atoms with Gasteiger partial charge in [0.1, 0.15) is 5.16 Å². The Hall–Kier alpha value is 1.08. The largest absolute Gasteiger partial charge is 0.424 e. The molecule has 0 radical (unpaired) electrons. The summed E-state index contributed by atoms with van der Waals surface area (Å²) in [6.45, 7) is 0.